The molecule has 4 rings (SSSR count). The van der Waals surface area contributed by atoms with Crippen LogP contribution in [0.2, 0.25) is 0 Å². The number of rotatable bonds is 10. The van der Waals surface area contributed by atoms with Crippen molar-refractivity contribution in [2.45, 2.75) is 37.2 Å². The maximum absolute atomic E-state index is 14.7. The molecule has 8 nitrogen and oxygen atoms in total. The minimum Gasteiger partial charge on any atom is -0.354 e. The molecule has 38 heavy (non-hydrogen) atoms. The molecule has 1 atom stereocenters. The highest BCUT2D eigenvalue weighted by molar-refractivity contribution is 7.90. The van der Waals surface area contributed by atoms with Crippen LogP contribution in [0.3, 0.4) is 0 Å². The van der Waals surface area contributed by atoms with E-state index in [0.29, 0.717) is 17.3 Å². The van der Waals surface area contributed by atoms with E-state index < -0.39 is 46.1 Å². The summed E-state index contributed by atoms with van der Waals surface area (Å²) in [6.45, 7) is 1.13. The van der Waals surface area contributed by atoms with E-state index >= 15 is 0 Å². The van der Waals surface area contributed by atoms with Crippen molar-refractivity contribution in [1.82, 2.24) is 14.5 Å². The molecule has 0 aromatic heterocycles. The number of benzene rings is 3. The van der Waals surface area contributed by atoms with Crippen molar-refractivity contribution in [3.8, 4) is 0 Å². The molecule has 0 saturated heterocycles. The zero-order valence-corrected chi connectivity index (χ0v) is 21.7. The normalized spacial score (nSPS) is 14.6. The summed E-state index contributed by atoms with van der Waals surface area (Å²) in [6.07, 6.45) is 0.765. The fraction of sp³-hybridized carbons (Fsp3) is 0.250. The molecule has 3 aromatic rings. The summed E-state index contributed by atoms with van der Waals surface area (Å²) in [4.78, 5) is 41.0. The van der Waals surface area contributed by atoms with Crippen LogP contribution in [-0.4, -0.2) is 54.5 Å². The van der Waals surface area contributed by atoms with Crippen LogP contribution in [0.25, 0.3) is 0 Å². The van der Waals surface area contributed by atoms with E-state index in [-0.39, 0.29) is 29.0 Å². The van der Waals surface area contributed by atoms with Crippen molar-refractivity contribution < 1.29 is 27.2 Å². The molecule has 1 unspecified atom stereocenters. The second-order valence-electron chi connectivity index (χ2n) is 8.92. The van der Waals surface area contributed by atoms with Gasteiger partial charge >= 0.3 is 0 Å². The van der Waals surface area contributed by atoms with Crippen LogP contribution in [0.1, 0.15) is 34.8 Å². The maximum Gasteiger partial charge on any atom is 0.269 e. The largest absolute Gasteiger partial charge is 0.354 e. The van der Waals surface area contributed by atoms with Crippen molar-refractivity contribution in [2.75, 3.05) is 13.1 Å². The average Bonchev–Trinajstić information content (AvgIpc) is 3.11. The van der Waals surface area contributed by atoms with Crippen molar-refractivity contribution in [1.29, 1.82) is 0 Å². The second kappa shape index (κ2) is 11.6. The molecule has 3 amide bonds. The van der Waals surface area contributed by atoms with Gasteiger partial charge in [0.1, 0.15) is 23.3 Å². The molecule has 0 bridgehead atoms. The Hall–Kier alpha value is -4.05. The van der Waals surface area contributed by atoms with E-state index in [2.05, 4.69) is 5.32 Å². The third-order valence-corrected chi connectivity index (χ3v) is 8.10. The zero-order chi connectivity index (χ0) is 27.3. The van der Waals surface area contributed by atoms with E-state index in [9.17, 15) is 27.2 Å². The Morgan fingerprint density at radius 1 is 0.974 bits per heavy atom. The Bertz CT molecular complexity index is 1450. The van der Waals surface area contributed by atoms with Gasteiger partial charge in [-0.2, -0.15) is 0 Å². The van der Waals surface area contributed by atoms with Gasteiger partial charge in [-0.05, 0) is 30.2 Å². The average molecular weight is 538 g/mol. The van der Waals surface area contributed by atoms with Crippen LogP contribution >= 0.6 is 0 Å². The van der Waals surface area contributed by atoms with Crippen LogP contribution in [0.4, 0.5) is 4.39 Å². The molecule has 0 fully saturated rings. The van der Waals surface area contributed by atoms with Crippen LogP contribution in [0, 0.1) is 5.82 Å². The Morgan fingerprint density at radius 2 is 1.63 bits per heavy atom. The molecule has 0 radical (unpaired) electrons. The van der Waals surface area contributed by atoms with Crippen LogP contribution in [-0.2, 0) is 32.6 Å². The summed E-state index contributed by atoms with van der Waals surface area (Å²) in [7, 11) is -4.26. The summed E-state index contributed by atoms with van der Waals surface area (Å²) in [5.74, 6) is -2.66. The standard InChI is InChI=1S/C28H28FN3O5S/c1-2-16-30-27(34)24(17-20-10-4-3-5-11-20)31(18-21-12-6-8-14-23(21)29)26(33)19-32-28(35)22-13-7-9-15-25(22)38(32,36)37/h3-15,24H,2,16-19H2,1H3,(H,30,34). The predicted octanol–water partition coefficient (Wildman–Crippen LogP) is 3.14. The molecule has 1 aliphatic heterocycles. The van der Waals surface area contributed by atoms with E-state index in [0.717, 1.165) is 10.5 Å². The van der Waals surface area contributed by atoms with Crippen molar-refractivity contribution in [3.05, 3.63) is 101 Å². The lowest BCUT2D eigenvalue weighted by molar-refractivity contribution is -0.141. The highest BCUT2D eigenvalue weighted by Crippen LogP contribution is 2.30. The first-order valence-electron chi connectivity index (χ1n) is 12.2. The summed E-state index contributed by atoms with van der Waals surface area (Å²) < 4.78 is 41.4. The summed E-state index contributed by atoms with van der Waals surface area (Å²) >= 11 is 0. The fourth-order valence-electron chi connectivity index (χ4n) is 4.33. The van der Waals surface area contributed by atoms with Gasteiger partial charge in [-0.3, -0.25) is 14.4 Å². The van der Waals surface area contributed by atoms with Gasteiger partial charge < -0.3 is 10.2 Å². The lowest BCUT2D eigenvalue weighted by Gasteiger charge is -2.32. The number of sulfonamides is 1. The zero-order valence-electron chi connectivity index (χ0n) is 20.8. The van der Waals surface area contributed by atoms with Gasteiger partial charge in [0.15, 0.2) is 0 Å². The third-order valence-electron chi connectivity index (χ3n) is 6.31. The molecule has 3 aromatic carbocycles. The molecule has 198 valence electrons. The summed E-state index contributed by atoms with van der Waals surface area (Å²) in [5, 5.41) is 2.80. The monoisotopic (exact) mass is 537 g/mol. The maximum atomic E-state index is 14.7. The number of carbonyl (C=O) groups excluding carboxylic acids is 3. The van der Waals surface area contributed by atoms with Crippen molar-refractivity contribution >= 4 is 27.7 Å². The molecule has 0 saturated carbocycles. The first-order valence-corrected chi connectivity index (χ1v) is 13.7. The Labute approximate surface area is 221 Å². The second-order valence-corrected chi connectivity index (χ2v) is 10.8. The van der Waals surface area contributed by atoms with E-state index in [1.54, 1.807) is 30.3 Å². The number of nitrogens with zero attached hydrogens (tertiary/aromatic N) is 2. The minimum atomic E-state index is -4.26. The van der Waals surface area contributed by atoms with Crippen molar-refractivity contribution in [3.63, 3.8) is 0 Å². The molecule has 0 spiro atoms. The molecular formula is C28H28FN3O5S. The minimum absolute atomic E-state index is 0.0255. The van der Waals surface area contributed by atoms with Gasteiger partial charge in [-0.1, -0.05) is 67.6 Å². The van der Waals surface area contributed by atoms with Gasteiger partial charge in [0.2, 0.25) is 11.8 Å². The summed E-state index contributed by atoms with van der Waals surface area (Å²) in [6, 6.07) is 19.5. The smallest absolute Gasteiger partial charge is 0.269 e. The number of halogens is 1. The lowest BCUT2D eigenvalue weighted by Crippen LogP contribution is -2.53. The molecule has 0 aliphatic carbocycles. The Kier molecular flexibility index (Phi) is 8.21. The number of nitrogens with one attached hydrogen (secondary N) is 1. The highest BCUT2D eigenvalue weighted by Gasteiger charge is 2.43. The van der Waals surface area contributed by atoms with Crippen LogP contribution in [0.5, 0.6) is 0 Å². The van der Waals surface area contributed by atoms with Crippen LogP contribution < -0.4 is 5.32 Å². The van der Waals surface area contributed by atoms with Gasteiger partial charge in [0.05, 0.1) is 5.56 Å². The topological polar surface area (TPSA) is 104 Å². The van der Waals surface area contributed by atoms with Gasteiger partial charge in [-0.15, -0.1) is 0 Å². The Balaban J connectivity index is 1.71. The molecule has 1 heterocycles. The molecule has 10 heteroatoms. The van der Waals surface area contributed by atoms with Crippen LogP contribution in [0.15, 0.2) is 83.8 Å². The number of carbonyl (C=O) groups is 3. The van der Waals surface area contributed by atoms with Gasteiger partial charge in [0, 0.05) is 25.1 Å². The first-order chi connectivity index (χ1) is 18.2. The first kappa shape index (κ1) is 27.0. The van der Waals surface area contributed by atoms with Gasteiger partial charge in [-0.25, -0.2) is 17.1 Å². The van der Waals surface area contributed by atoms with E-state index in [1.807, 2.05) is 13.0 Å². The lowest BCUT2D eigenvalue weighted by atomic mass is 10.0. The molecule has 1 aliphatic rings. The number of hydrogen-bond donors (Lipinski definition) is 1. The Morgan fingerprint density at radius 3 is 2.32 bits per heavy atom. The SMILES string of the molecule is CCCNC(=O)C(Cc1ccccc1)N(Cc1ccccc1F)C(=O)CN1C(=O)c2ccccc2S1(=O)=O. The number of amides is 3. The summed E-state index contributed by atoms with van der Waals surface area (Å²) in [5.41, 5.74) is 0.885. The molecule has 1 N–H and O–H groups in total. The van der Waals surface area contributed by atoms with Crippen molar-refractivity contribution in [2.24, 2.45) is 0 Å². The van der Waals surface area contributed by atoms with Gasteiger partial charge in [0.25, 0.3) is 15.9 Å². The predicted molar refractivity (Wildman–Crippen MR) is 139 cm³/mol. The molecular weight excluding hydrogens is 509 g/mol. The number of fused-ring (bicyclic) bond motifs is 1. The highest BCUT2D eigenvalue weighted by atomic mass is 32.2. The van der Waals surface area contributed by atoms with E-state index in [1.165, 1.54) is 42.5 Å². The van der Waals surface area contributed by atoms with E-state index in [4.69, 9.17) is 0 Å². The fourth-order valence-corrected chi connectivity index (χ4v) is 5.85. The quantitative estimate of drug-likeness (QED) is 0.428. The number of hydrogen-bond acceptors (Lipinski definition) is 5. The third kappa shape index (κ3) is 5.60.